The summed E-state index contributed by atoms with van der Waals surface area (Å²) in [6, 6.07) is 16.5. The lowest BCUT2D eigenvalue weighted by molar-refractivity contribution is -0.126. The van der Waals surface area contributed by atoms with Crippen LogP contribution in [0.2, 0.25) is 5.02 Å². The standard InChI is InChI=1S/C31H40ClN5O2/c1-3-24-7-9-26(10-8-24)31-34-29(23(2)39-31)22-36-14-11-25(12-15-36)30(38)33-13-16-35-17-19-37(20-18-35)28-6-4-5-27(32)21-28/h4-10,21,25H,3,11-20,22H2,1-2H3,(H,33,38). The zero-order chi connectivity index (χ0) is 27.2. The Kier molecular flexibility index (Phi) is 9.22. The van der Waals surface area contributed by atoms with Crippen LogP contribution in [0.1, 0.15) is 36.8 Å². The zero-order valence-electron chi connectivity index (χ0n) is 23.2. The van der Waals surface area contributed by atoms with Gasteiger partial charge in [-0.25, -0.2) is 4.98 Å². The molecule has 8 heteroatoms. The van der Waals surface area contributed by atoms with E-state index in [1.165, 1.54) is 11.3 Å². The third-order valence-electron chi connectivity index (χ3n) is 8.11. The van der Waals surface area contributed by atoms with E-state index >= 15 is 0 Å². The van der Waals surface area contributed by atoms with Crippen LogP contribution in [0.4, 0.5) is 5.69 Å². The van der Waals surface area contributed by atoms with E-state index < -0.39 is 0 Å². The summed E-state index contributed by atoms with van der Waals surface area (Å²) in [4.78, 5) is 24.8. The lowest BCUT2D eigenvalue weighted by Crippen LogP contribution is -2.49. The molecule has 0 aliphatic carbocycles. The van der Waals surface area contributed by atoms with Crippen LogP contribution in [0, 0.1) is 12.8 Å². The second-order valence-electron chi connectivity index (χ2n) is 10.7. The number of oxazole rings is 1. The molecule has 0 saturated carbocycles. The SMILES string of the molecule is CCc1ccc(-c2nc(CN3CCC(C(=O)NCCN4CCN(c5cccc(Cl)c5)CC4)CC3)c(C)o2)cc1. The molecular weight excluding hydrogens is 510 g/mol. The Morgan fingerprint density at radius 3 is 2.46 bits per heavy atom. The highest BCUT2D eigenvalue weighted by molar-refractivity contribution is 6.30. The van der Waals surface area contributed by atoms with Crippen LogP contribution in [0.3, 0.4) is 0 Å². The molecule has 3 heterocycles. The summed E-state index contributed by atoms with van der Waals surface area (Å²) in [6.07, 6.45) is 2.78. The molecule has 1 aromatic heterocycles. The molecule has 2 aliphatic heterocycles. The fourth-order valence-electron chi connectivity index (χ4n) is 5.53. The molecule has 0 radical (unpaired) electrons. The third kappa shape index (κ3) is 7.21. The van der Waals surface area contributed by atoms with Crippen LogP contribution < -0.4 is 10.2 Å². The lowest BCUT2D eigenvalue weighted by Gasteiger charge is -2.36. The van der Waals surface area contributed by atoms with Crippen LogP contribution >= 0.6 is 11.6 Å². The maximum atomic E-state index is 12.8. The number of piperazine rings is 1. The largest absolute Gasteiger partial charge is 0.441 e. The van der Waals surface area contributed by atoms with Crippen molar-refractivity contribution in [1.29, 1.82) is 0 Å². The van der Waals surface area contributed by atoms with E-state index in [9.17, 15) is 4.79 Å². The van der Waals surface area contributed by atoms with Crippen molar-refractivity contribution in [3.63, 3.8) is 0 Å². The van der Waals surface area contributed by atoms with Crippen LogP contribution in [0.15, 0.2) is 52.9 Å². The van der Waals surface area contributed by atoms with Gasteiger partial charge >= 0.3 is 0 Å². The van der Waals surface area contributed by atoms with Gasteiger partial charge in [0.15, 0.2) is 0 Å². The highest BCUT2D eigenvalue weighted by atomic mass is 35.5. The number of hydrogen-bond acceptors (Lipinski definition) is 6. The Bertz CT molecular complexity index is 1230. The summed E-state index contributed by atoms with van der Waals surface area (Å²) in [6.45, 7) is 12.2. The Balaban J connectivity index is 1.01. The Hall–Kier alpha value is -2.87. The van der Waals surface area contributed by atoms with Crippen LogP contribution in [-0.2, 0) is 17.8 Å². The van der Waals surface area contributed by atoms with E-state index in [-0.39, 0.29) is 11.8 Å². The summed E-state index contributed by atoms with van der Waals surface area (Å²) in [5.74, 6) is 1.85. The van der Waals surface area contributed by atoms with E-state index in [0.717, 1.165) is 93.7 Å². The molecule has 208 valence electrons. The molecule has 1 N–H and O–H groups in total. The van der Waals surface area contributed by atoms with Crippen LogP contribution in [-0.4, -0.2) is 73.0 Å². The summed E-state index contributed by atoms with van der Waals surface area (Å²) in [5, 5.41) is 3.97. The smallest absolute Gasteiger partial charge is 0.226 e. The maximum Gasteiger partial charge on any atom is 0.226 e. The molecule has 2 aromatic carbocycles. The molecule has 0 atom stereocenters. The Labute approximate surface area is 237 Å². The van der Waals surface area contributed by atoms with Crippen molar-refractivity contribution < 1.29 is 9.21 Å². The van der Waals surface area contributed by atoms with E-state index in [1.807, 2.05) is 25.1 Å². The fraction of sp³-hybridized carbons (Fsp3) is 0.484. The van der Waals surface area contributed by atoms with E-state index in [0.29, 0.717) is 12.4 Å². The van der Waals surface area contributed by atoms with Crippen molar-refractivity contribution in [3.8, 4) is 11.5 Å². The minimum atomic E-state index is 0.0898. The van der Waals surface area contributed by atoms with Gasteiger partial charge in [-0.1, -0.05) is 36.7 Å². The van der Waals surface area contributed by atoms with Crippen LogP contribution in [0.5, 0.6) is 0 Å². The number of aryl methyl sites for hydroxylation is 2. The van der Waals surface area contributed by atoms with Crippen LogP contribution in [0.25, 0.3) is 11.5 Å². The zero-order valence-corrected chi connectivity index (χ0v) is 23.9. The normalized spacial score (nSPS) is 17.5. The van der Waals surface area contributed by atoms with Gasteiger partial charge < -0.3 is 14.6 Å². The van der Waals surface area contributed by atoms with Gasteiger partial charge in [0.05, 0.1) is 5.69 Å². The van der Waals surface area contributed by atoms with E-state index in [1.54, 1.807) is 0 Å². The van der Waals surface area contributed by atoms with Crippen molar-refractivity contribution in [2.24, 2.45) is 5.92 Å². The number of likely N-dealkylation sites (tertiary alicyclic amines) is 1. The lowest BCUT2D eigenvalue weighted by atomic mass is 9.96. The topological polar surface area (TPSA) is 64.9 Å². The monoisotopic (exact) mass is 549 g/mol. The molecule has 2 aliphatic rings. The predicted octanol–water partition coefficient (Wildman–Crippen LogP) is 5.02. The maximum absolute atomic E-state index is 12.8. The minimum Gasteiger partial charge on any atom is -0.441 e. The number of nitrogens with zero attached hydrogens (tertiary/aromatic N) is 4. The first-order chi connectivity index (χ1) is 19.0. The number of rotatable bonds is 9. The van der Waals surface area contributed by atoms with Gasteiger partial charge in [0.1, 0.15) is 5.76 Å². The molecule has 0 unspecified atom stereocenters. The second-order valence-corrected chi connectivity index (χ2v) is 11.2. The number of amides is 1. The number of piperidine rings is 1. The summed E-state index contributed by atoms with van der Waals surface area (Å²) in [7, 11) is 0. The molecule has 1 amide bonds. The average molecular weight is 550 g/mol. The first kappa shape index (κ1) is 27.7. The van der Waals surface area contributed by atoms with Crippen molar-refractivity contribution in [3.05, 3.63) is 70.6 Å². The minimum absolute atomic E-state index is 0.0898. The summed E-state index contributed by atoms with van der Waals surface area (Å²) < 4.78 is 5.99. The van der Waals surface area contributed by atoms with Gasteiger partial charge in [-0.05, 0) is 75.2 Å². The van der Waals surface area contributed by atoms with Crippen molar-refractivity contribution in [2.75, 3.05) is 57.3 Å². The van der Waals surface area contributed by atoms with Gasteiger partial charge in [0.25, 0.3) is 0 Å². The predicted molar refractivity (Wildman–Crippen MR) is 157 cm³/mol. The number of benzene rings is 2. The Morgan fingerprint density at radius 1 is 1.03 bits per heavy atom. The van der Waals surface area contributed by atoms with Gasteiger partial charge in [-0.2, -0.15) is 0 Å². The molecular formula is C31H40ClN5O2. The Morgan fingerprint density at radius 2 is 1.77 bits per heavy atom. The molecule has 0 bridgehead atoms. The number of halogens is 1. The fourth-order valence-corrected chi connectivity index (χ4v) is 5.71. The highest BCUT2D eigenvalue weighted by Gasteiger charge is 2.26. The van der Waals surface area contributed by atoms with Crippen molar-refractivity contribution in [2.45, 2.75) is 39.7 Å². The van der Waals surface area contributed by atoms with E-state index in [4.69, 9.17) is 21.0 Å². The van der Waals surface area contributed by atoms with Crippen molar-refractivity contribution in [1.82, 2.24) is 20.1 Å². The molecule has 3 aromatic rings. The first-order valence-corrected chi connectivity index (χ1v) is 14.6. The summed E-state index contributed by atoms with van der Waals surface area (Å²) in [5.41, 5.74) is 4.49. The molecule has 39 heavy (non-hydrogen) atoms. The average Bonchev–Trinajstić information content (AvgIpc) is 3.33. The van der Waals surface area contributed by atoms with Gasteiger partial charge in [0.2, 0.25) is 11.8 Å². The van der Waals surface area contributed by atoms with E-state index in [2.05, 4.69) is 57.3 Å². The molecule has 5 rings (SSSR count). The van der Waals surface area contributed by atoms with Gasteiger partial charge in [0, 0.05) is 68.0 Å². The molecule has 2 saturated heterocycles. The second kappa shape index (κ2) is 13.0. The van der Waals surface area contributed by atoms with Gasteiger partial charge in [-0.3, -0.25) is 14.6 Å². The number of carbonyl (C=O) groups is 1. The molecule has 0 spiro atoms. The molecule has 2 fully saturated rings. The number of carbonyl (C=O) groups excluding carboxylic acids is 1. The quantitative estimate of drug-likeness (QED) is 0.404. The number of anilines is 1. The number of nitrogens with one attached hydrogen (secondary N) is 1. The highest BCUT2D eigenvalue weighted by Crippen LogP contribution is 2.25. The van der Waals surface area contributed by atoms with Gasteiger partial charge in [-0.15, -0.1) is 0 Å². The number of aromatic nitrogens is 1. The third-order valence-corrected chi connectivity index (χ3v) is 8.34. The molecule has 7 nitrogen and oxygen atoms in total. The van der Waals surface area contributed by atoms with Crippen molar-refractivity contribution >= 4 is 23.2 Å². The first-order valence-electron chi connectivity index (χ1n) is 14.3. The number of hydrogen-bond donors (Lipinski definition) is 1. The summed E-state index contributed by atoms with van der Waals surface area (Å²) >= 11 is 6.15.